The summed E-state index contributed by atoms with van der Waals surface area (Å²) < 4.78 is 0. The van der Waals surface area contributed by atoms with E-state index in [4.69, 9.17) is 4.98 Å². The Kier molecular flexibility index (Phi) is 12.2. The summed E-state index contributed by atoms with van der Waals surface area (Å²) in [5.74, 6) is 0. The molecule has 4 rings (SSSR count). The summed E-state index contributed by atoms with van der Waals surface area (Å²) >= 11 is 0. The van der Waals surface area contributed by atoms with Crippen molar-refractivity contribution in [2.75, 3.05) is 6.54 Å². The molecular formula is C43H44N2. The fourth-order valence-electron chi connectivity index (χ4n) is 5.47. The molecule has 1 aliphatic carbocycles. The Labute approximate surface area is 270 Å². The van der Waals surface area contributed by atoms with Gasteiger partial charge < -0.3 is 0 Å². The van der Waals surface area contributed by atoms with E-state index in [-0.39, 0.29) is 0 Å². The van der Waals surface area contributed by atoms with Crippen LogP contribution < -0.4 is 0 Å². The van der Waals surface area contributed by atoms with Gasteiger partial charge in [0, 0.05) is 5.56 Å². The zero-order chi connectivity index (χ0) is 32.0. The molecule has 1 aromatic heterocycles. The normalized spacial score (nSPS) is 14.2. The van der Waals surface area contributed by atoms with Crippen molar-refractivity contribution < 1.29 is 0 Å². The van der Waals surface area contributed by atoms with E-state index in [0.29, 0.717) is 6.54 Å². The van der Waals surface area contributed by atoms with Gasteiger partial charge in [0.2, 0.25) is 0 Å². The zero-order valence-corrected chi connectivity index (χ0v) is 26.8. The zero-order valence-electron chi connectivity index (χ0n) is 26.8. The molecule has 3 aromatic rings. The van der Waals surface area contributed by atoms with Gasteiger partial charge in [-0.2, -0.15) is 0 Å². The van der Waals surface area contributed by atoms with Crippen LogP contribution in [0.2, 0.25) is 0 Å². The first-order valence-electron chi connectivity index (χ1n) is 15.6. The molecule has 0 spiro atoms. The third kappa shape index (κ3) is 8.97. The lowest BCUT2D eigenvalue weighted by Gasteiger charge is -2.12. The van der Waals surface area contributed by atoms with Gasteiger partial charge in [-0.25, -0.2) is 4.98 Å². The van der Waals surface area contributed by atoms with Crippen LogP contribution in [0.15, 0.2) is 151 Å². The van der Waals surface area contributed by atoms with Crippen LogP contribution in [0.3, 0.4) is 0 Å². The third-order valence-electron chi connectivity index (χ3n) is 7.76. The van der Waals surface area contributed by atoms with Crippen LogP contribution in [-0.4, -0.2) is 18.2 Å². The minimum atomic E-state index is 0.579. The van der Waals surface area contributed by atoms with Crippen molar-refractivity contribution >= 4 is 29.5 Å². The van der Waals surface area contributed by atoms with E-state index >= 15 is 0 Å². The summed E-state index contributed by atoms with van der Waals surface area (Å²) in [6, 6.07) is 21.6. The van der Waals surface area contributed by atoms with Gasteiger partial charge in [-0.1, -0.05) is 122 Å². The Hall–Kier alpha value is -5.08. The van der Waals surface area contributed by atoms with E-state index in [1.807, 2.05) is 19.1 Å². The molecule has 45 heavy (non-hydrogen) atoms. The molecule has 2 heteroatoms. The largest absolute Gasteiger partial charge is 0.297 e. The van der Waals surface area contributed by atoms with Gasteiger partial charge in [-0.05, 0) is 109 Å². The average molecular weight is 589 g/mol. The molecule has 2 aromatic carbocycles. The highest BCUT2D eigenvalue weighted by Crippen LogP contribution is 2.30. The number of aliphatic imine (C=N–C) groups is 1. The maximum Gasteiger partial charge on any atom is 0.0709 e. The number of hydrogen-bond acceptors (Lipinski definition) is 2. The monoisotopic (exact) mass is 588 g/mol. The molecule has 1 aliphatic rings. The molecule has 0 bridgehead atoms. The summed E-state index contributed by atoms with van der Waals surface area (Å²) in [4.78, 5) is 9.07. The Morgan fingerprint density at radius 1 is 0.911 bits per heavy atom. The van der Waals surface area contributed by atoms with E-state index < -0.39 is 0 Å². The second-order valence-electron chi connectivity index (χ2n) is 11.2. The summed E-state index contributed by atoms with van der Waals surface area (Å²) in [7, 11) is 0. The van der Waals surface area contributed by atoms with Crippen molar-refractivity contribution in [3.8, 4) is 11.3 Å². The average Bonchev–Trinajstić information content (AvgIpc) is 3.30. The minimum absolute atomic E-state index is 0.579. The smallest absolute Gasteiger partial charge is 0.0709 e. The van der Waals surface area contributed by atoms with Crippen LogP contribution in [0.1, 0.15) is 61.1 Å². The highest BCUT2D eigenvalue weighted by Gasteiger charge is 2.10. The molecule has 0 aliphatic heterocycles. The topological polar surface area (TPSA) is 25.2 Å². The predicted octanol–water partition coefficient (Wildman–Crippen LogP) is 11.5. The molecule has 226 valence electrons. The Morgan fingerprint density at radius 2 is 1.64 bits per heavy atom. The van der Waals surface area contributed by atoms with Gasteiger partial charge in [0.05, 0.1) is 17.9 Å². The fourth-order valence-corrected chi connectivity index (χ4v) is 5.47. The van der Waals surface area contributed by atoms with Crippen molar-refractivity contribution in [2.24, 2.45) is 4.99 Å². The number of nitrogens with zero attached hydrogens (tertiary/aromatic N) is 2. The molecule has 0 N–H and O–H groups in total. The van der Waals surface area contributed by atoms with Crippen molar-refractivity contribution in [1.82, 2.24) is 4.98 Å². The van der Waals surface area contributed by atoms with Crippen LogP contribution in [0, 0.1) is 0 Å². The lowest BCUT2D eigenvalue weighted by Crippen LogP contribution is -1.94. The number of benzene rings is 2. The number of aryl methyl sites for hydroxylation is 1. The van der Waals surface area contributed by atoms with Crippen molar-refractivity contribution in [1.29, 1.82) is 0 Å². The SMILES string of the molecule is C=C\C=C/C(=C(/C=C\C)CC=C)c1ccc(C(=C)/C=C(\C=C(/C)CN=C)c2ccc(-c3ccc4c(n3)C=CCCC4)cc2)cc1. The second-order valence-corrected chi connectivity index (χ2v) is 11.2. The van der Waals surface area contributed by atoms with Crippen LogP contribution in [0.25, 0.3) is 34.1 Å². The first-order valence-corrected chi connectivity index (χ1v) is 15.6. The second kappa shape index (κ2) is 16.7. The maximum absolute atomic E-state index is 4.98. The maximum atomic E-state index is 4.98. The van der Waals surface area contributed by atoms with Crippen molar-refractivity contribution in [3.05, 3.63) is 174 Å². The quantitative estimate of drug-likeness (QED) is 0.111. The first kappa shape index (κ1) is 32.8. The number of fused-ring (bicyclic) bond motifs is 1. The molecule has 1 heterocycles. The van der Waals surface area contributed by atoms with Crippen LogP contribution >= 0.6 is 0 Å². The van der Waals surface area contributed by atoms with Gasteiger partial charge in [0.25, 0.3) is 0 Å². The molecule has 0 amide bonds. The van der Waals surface area contributed by atoms with Gasteiger partial charge >= 0.3 is 0 Å². The molecule has 0 fully saturated rings. The molecule has 0 saturated carbocycles. The highest BCUT2D eigenvalue weighted by atomic mass is 14.7. The molecule has 0 radical (unpaired) electrons. The number of hydrogen-bond donors (Lipinski definition) is 0. The standard InChI is InChI=1S/C43H44N2/c1-7-10-17-41(36(14-8-2)15-9-3)37-23-19-34(20-24-37)33(5)30-40(29-32(4)31-44-6)35-21-25-39(26-22-35)43-28-27-38-16-12-11-13-18-42(38)45-43/h7-10,13,15,17-30H,1-2,5-6,11-12,14,16,31H2,3-4H3/b15-9-,17-10-,32-29+,40-30+,41-36-. The summed E-state index contributed by atoms with van der Waals surface area (Å²) in [5, 5.41) is 0. The number of allylic oxidation sites excluding steroid dienone is 13. The molecule has 0 unspecified atom stereocenters. The van der Waals surface area contributed by atoms with Gasteiger partial charge in [-0.15, -0.1) is 6.58 Å². The van der Waals surface area contributed by atoms with E-state index in [1.165, 1.54) is 17.6 Å². The summed E-state index contributed by atoms with van der Waals surface area (Å²) in [6.45, 7) is 20.6. The Bertz CT molecular complexity index is 1720. The predicted molar refractivity (Wildman–Crippen MR) is 199 cm³/mol. The van der Waals surface area contributed by atoms with Crippen LogP contribution in [0.4, 0.5) is 0 Å². The van der Waals surface area contributed by atoms with E-state index in [1.54, 1.807) is 6.08 Å². The van der Waals surface area contributed by atoms with Crippen LogP contribution in [-0.2, 0) is 6.42 Å². The number of rotatable bonds is 13. The molecule has 0 saturated heterocycles. The minimum Gasteiger partial charge on any atom is -0.297 e. The number of aromatic nitrogens is 1. The first-order chi connectivity index (χ1) is 22.0. The van der Waals surface area contributed by atoms with Crippen molar-refractivity contribution in [3.63, 3.8) is 0 Å². The van der Waals surface area contributed by atoms with E-state index in [2.05, 4.69) is 142 Å². The van der Waals surface area contributed by atoms with E-state index in [0.717, 1.165) is 75.2 Å². The van der Waals surface area contributed by atoms with Gasteiger partial charge in [0.15, 0.2) is 0 Å². The third-order valence-corrected chi connectivity index (χ3v) is 7.76. The summed E-state index contributed by atoms with van der Waals surface area (Å²) in [6.07, 6.45) is 24.9. The van der Waals surface area contributed by atoms with Gasteiger partial charge in [-0.3, -0.25) is 4.99 Å². The Morgan fingerprint density at radius 3 is 2.33 bits per heavy atom. The molecular weight excluding hydrogens is 544 g/mol. The van der Waals surface area contributed by atoms with Crippen LogP contribution in [0.5, 0.6) is 0 Å². The lowest BCUT2D eigenvalue weighted by atomic mass is 9.93. The summed E-state index contributed by atoms with van der Waals surface area (Å²) in [5.41, 5.74) is 13.3. The highest BCUT2D eigenvalue weighted by molar-refractivity contribution is 5.88. The Balaban J connectivity index is 1.66. The van der Waals surface area contributed by atoms with Gasteiger partial charge in [0.1, 0.15) is 0 Å². The molecule has 0 atom stereocenters. The lowest BCUT2D eigenvalue weighted by molar-refractivity contribution is 0.848. The number of pyridine rings is 1. The van der Waals surface area contributed by atoms with E-state index in [9.17, 15) is 0 Å². The van der Waals surface area contributed by atoms with Crippen molar-refractivity contribution in [2.45, 2.75) is 39.5 Å². The fraction of sp³-hybridized carbons (Fsp3) is 0.163. The molecule has 2 nitrogen and oxygen atoms in total.